The number of rotatable bonds is 4. The summed E-state index contributed by atoms with van der Waals surface area (Å²) in [5, 5.41) is 3.15. The van der Waals surface area contributed by atoms with Gasteiger partial charge < -0.3 is 10.2 Å². The topological polar surface area (TPSA) is 41.1 Å². The summed E-state index contributed by atoms with van der Waals surface area (Å²) < 4.78 is 0. The first kappa shape index (κ1) is 14.1. The molecule has 0 aliphatic carbocycles. The fourth-order valence-electron chi connectivity index (χ4n) is 2.82. The Morgan fingerprint density at radius 3 is 2.79 bits per heavy atom. The molecule has 1 fully saturated rings. The minimum absolute atomic E-state index is 0.631. The van der Waals surface area contributed by atoms with E-state index in [0.29, 0.717) is 6.04 Å². The van der Waals surface area contributed by atoms with Gasteiger partial charge >= 0.3 is 0 Å². The molecule has 0 amide bonds. The van der Waals surface area contributed by atoms with E-state index in [1.165, 1.54) is 32.1 Å². The lowest BCUT2D eigenvalue weighted by Gasteiger charge is -2.30. The van der Waals surface area contributed by atoms with Crippen LogP contribution in [0.2, 0.25) is 0 Å². The van der Waals surface area contributed by atoms with Crippen molar-refractivity contribution in [3.63, 3.8) is 0 Å². The Balaban J connectivity index is 2.31. The second-order valence-corrected chi connectivity index (χ2v) is 5.24. The first-order valence-electron chi connectivity index (χ1n) is 7.60. The maximum absolute atomic E-state index is 4.74. The van der Waals surface area contributed by atoms with Crippen molar-refractivity contribution in [2.24, 2.45) is 0 Å². The van der Waals surface area contributed by atoms with Crippen molar-refractivity contribution in [1.29, 1.82) is 0 Å². The largest absolute Gasteiger partial charge is 0.373 e. The number of anilines is 2. The third kappa shape index (κ3) is 3.37. The smallest absolute Gasteiger partial charge is 0.134 e. The van der Waals surface area contributed by atoms with E-state index in [0.717, 1.165) is 30.4 Å². The zero-order chi connectivity index (χ0) is 13.7. The molecule has 1 aromatic heterocycles. The number of nitrogens with zero attached hydrogens (tertiary/aromatic N) is 3. The monoisotopic (exact) mass is 262 g/mol. The van der Waals surface area contributed by atoms with Crippen LogP contribution < -0.4 is 10.2 Å². The summed E-state index contributed by atoms with van der Waals surface area (Å²) in [5.41, 5.74) is 0. The van der Waals surface area contributed by atoms with Gasteiger partial charge in [0, 0.05) is 32.1 Å². The fourth-order valence-corrected chi connectivity index (χ4v) is 2.82. The average Bonchev–Trinajstić information content (AvgIpc) is 2.71. The van der Waals surface area contributed by atoms with E-state index in [9.17, 15) is 0 Å². The number of nitrogens with one attached hydrogen (secondary N) is 1. The SMILES string of the molecule is CCc1nc(NC)cc(N2CCCCCC2CC)n1. The summed E-state index contributed by atoms with van der Waals surface area (Å²) >= 11 is 0. The van der Waals surface area contributed by atoms with Gasteiger partial charge in [0.2, 0.25) is 0 Å². The van der Waals surface area contributed by atoms with E-state index >= 15 is 0 Å². The van der Waals surface area contributed by atoms with Gasteiger partial charge in [-0.2, -0.15) is 0 Å². The zero-order valence-electron chi connectivity index (χ0n) is 12.4. The zero-order valence-corrected chi connectivity index (χ0v) is 12.4. The molecule has 0 spiro atoms. The van der Waals surface area contributed by atoms with Crippen molar-refractivity contribution >= 4 is 11.6 Å². The van der Waals surface area contributed by atoms with E-state index in [2.05, 4.69) is 35.1 Å². The van der Waals surface area contributed by atoms with Crippen molar-refractivity contribution in [3.8, 4) is 0 Å². The fraction of sp³-hybridized carbons (Fsp3) is 0.733. The van der Waals surface area contributed by atoms with E-state index in [-0.39, 0.29) is 0 Å². The van der Waals surface area contributed by atoms with Crippen LogP contribution in [0.25, 0.3) is 0 Å². The van der Waals surface area contributed by atoms with Crippen LogP contribution in [0.3, 0.4) is 0 Å². The van der Waals surface area contributed by atoms with Crippen LogP contribution in [0.15, 0.2) is 6.07 Å². The predicted molar refractivity (Wildman–Crippen MR) is 80.8 cm³/mol. The lowest BCUT2D eigenvalue weighted by atomic mass is 10.1. The normalized spacial score (nSPS) is 20.2. The number of hydrogen-bond acceptors (Lipinski definition) is 4. The summed E-state index contributed by atoms with van der Waals surface area (Å²) in [6, 6.07) is 2.72. The van der Waals surface area contributed by atoms with Crippen LogP contribution in [0, 0.1) is 0 Å². The van der Waals surface area contributed by atoms with Gasteiger partial charge in [0.15, 0.2) is 0 Å². The van der Waals surface area contributed by atoms with Gasteiger partial charge in [0.05, 0.1) is 0 Å². The Morgan fingerprint density at radius 1 is 1.26 bits per heavy atom. The third-order valence-electron chi connectivity index (χ3n) is 3.97. The van der Waals surface area contributed by atoms with E-state index in [1.807, 2.05) is 7.05 Å². The standard InChI is InChI=1S/C15H26N4/c1-4-12-9-7-6-8-10-19(12)15-11-14(16-3)17-13(5-2)18-15/h11-12H,4-10H2,1-3H3,(H,16,17,18). The van der Waals surface area contributed by atoms with Gasteiger partial charge in [-0.05, 0) is 19.3 Å². The van der Waals surface area contributed by atoms with Crippen LogP contribution in [0.1, 0.15) is 51.8 Å². The molecule has 2 rings (SSSR count). The van der Waals surface area contributed by atoms with Gasteiger partial charge in [0.1, 0.15) is 17.5 Å². The summed E-state index contributed by atoms with van der Waals surface area (Å²) in [7, 11) is 1.92. The van der Waals surface area contributed by atoms with E-state index < -0.39 is 0 Å². The molecule has 1 aromatic rings. The lowest BCUT2D eigenvalue weighted by molar-refractivity contribution is 0.551. The number of hydrogen-bond donors (Lipinski definition) is 1. The van der Waals surface area contributed by atoms with Gasteiger partial charge in [-0.3, -0.25) is 0 Å². The van der Waals surface area contributed by atoms with Gasteiger partial charge in [-0.25, -0.2) is 9.97 Å². The highest BCUT2D eigenvalue weighted by molar-refractivity contribution is 5.50. The van der Waals surface area contributed by atoms with E-state index in [4.69, 9.17) is 4.98 Å². The van der Waals surface area contributed by atoms with Crippen LogP contribution >= 0.6 is 0 Å². The second kappa shape index (κ2) is 6.73. The van der Waals surface area contributed by atoms with E-state index in [1.54, 1.807) is 0 Å². The van der Waals surface area contributed by atoms with Gasteiger partial charge in [-0.15, -0.1) is 0 Å². The van der Waals surface area contributed by atoms with Crippen LogP contribution in [-0.2, 0) is 6.42 Å². The molecule has 4 heteroatoms. The van der Waals surface area contributed by atoms with Crippen molar-refractivity contribution in [2.45, 2.75) is 58.4 Å². The molecule has 1 atom stereocenters. The molecule has 106 valence electrons. The molecule has 1 unspecified atom stereocenters. The van der Waals surface area contributed by atoms with Gasteiger partial charge in [-0.1, -0.05) is 26.7 Å². The Hall–Kier alpha value is -1.32. The minimum Gasteiger partial charge on any atom is -0.373 e. The second-order valence-electron chi connectivity index (χ2n) is 5.24. The highest BCUT2D eigenvalue weighted by Gasteiger charge is 2.21. The first-order chi connectivity index (χ1) is 9.28. The lowest BCUT2D eigenvalue weighted by Crippen LogP contribution is -2.35. The molecule has 0 bridgehead atoms. The summed E-state index contributed by atoms with van der Waals surface area (Å²) in [5.74, 6) is 2.96. The molecular formula is C15H26N4. The molecule has 1 aliphatic heterocycles. The minimum atomic E-state index is 0.631. The molecule has 1 N–H and O–H groups in total. The van der Waals surface area contributed by atoms with Crippen LogP contribution in [0.5, 0.6) is 0 Å². The molecule has 19 heavy (non-hydrogen) atoms. The highest BCUT2D eigenvalue weighted by atomic mass is 15.2. The first-order valence-corrected chi connectivity index (χ1v) is 7.60. The molecule has 2 heterocycles. The summed E-state index contributed by atoms with van der Waals surface area (Å²) in [6.45, 7) is 5.52. The molecule has 0 saturated carbocycles. The number of aryl methyl sites for hydroxylation is 1. The van der Waals surface area contributed by atoms with Crippen LogP contribution in [-0.4, -0.2) is 29.6 Å². The van der Waals surface area contributed by atoms with Crippen LogP contribution in [0.4, 0.5) is 11.6 Å². The van der Waals surface area contributed by atoms with Crippen molar-refractivity contribution in [3.05, 3.63) is 11.9 Å². The maximum atomic E-state index is 4.74. The summed E-state index contributed by atoms with van der Waals surface area (Å²) in [4.78, 5) is 11.7. The average molecular weight is 262 g/mol. The quantitative estimate of drug-likeness (QED) is 0.904. The van der Waals surface area contributed by atoms with Crippen molar-refractivity contribution in [1.82, 2.24) is 9.97 Å². The van der Waals surface area contributed by atoms with Gasteiger partial charge in [0.25, 0.3) is 0 Å². The third-order valence-corrected chi connectivity index (χ3v) is 3.97. The maximum Gasteiger partial charge on any atom is 0.134 e. The van der Waals surface area contributed by atoms with Crippen molar-refractivity contribution < 1.29 is 0 Å². The Morgan fingerprint density at radius 2 is 2.11 bits per heavy atom. The molecular weight excluding hydrogens is 236 g/mol. The van der Waals surface area contributed by atoms with Crippen molar-refractivity contribution in [2.75, 3.05) is 23.8 Å². The molecule has 1 aliphatic rings. The predicted octanol–water partition coefficient (Wildman–Crippen LogP) is 3.24. The highest BCUT2D eigenvalue weighted by Crippen LogP contribution is 2.26. The molecule has 0 aromatic carbocycles. The Bertz CT molecular complexity index is 383. The summed E-state index contributed by atoms with van der Waals surface area (Å²) in [6.07, 6.45) is 7.33. The Labute approximate surface area is 116 Å². The molecule has 1 saturated heterocycles. The molecule has 4 nitrogen and oxygen atoms in total. The molecule has 0 radical (unpaired) electrons. The number of aromatic nitrogens is 2. The Kier molecular flexibility index (Phi) is 5.00.